The maximum atomic E-state index is 14.5. The van der Waals surface area contributed by atoms with E-state index in [-0.39, 0.29) is 23.7 Å². The van der Waals surface area contributed by atoms with Gasteiger partial charge in [0.2, 0.25) is 0 Å². The smallest absolute Gasteiger partial charge is 0.377 e. The monoisotopic (exact) mass is 562 g/mol. The van der Waals surface area contributed by atoms with E-state index in [2.05, 4.69) is 21.6 Å². The number of aryl methyl sites for hydroxylation is 1. The van der Waals surface area contributed by atoms with E-state index >= 15 is 0 Å². The number of hydrogen-bond acceptors (Lipinski definition) is 4. The number of alkyl halides is 6. The molecule has 0 spiro atoms. The quantitative estimate of drug-likeness (QED) is 0.119. The van der Waals surface area contributed by atoms with Gasteiger partial charge in [0.1, 0.15) is 12.4 Å². The summed E-state index contributed by atoms with van der Waals surface area (Å²) >= 11 is 0. The first-order chi connectivity index (χ1) is 18.6. The number of aromatic nitrogens is 2. The lowest BCUT2D eigenvalue weighted by Gasteiger charge is -2.32. The minimum absolute atomic E-state index is 0.148. The van der Waals surface area contributed by atoms with E-state index in [0.29, 0.717) is 19.3 Å². The van der Waals surface area contributed by atoms with Crippen LogP contribution < -0.4 is 4.74 Å². The van der Waals surface area contributed by atoms with Crippen LogP contribution in [0.2, 0.25) is 0 Å². The summed E-state index contributed by atoms with van der Waals surface area (Å²) in [4.78, 5) is 8.23. The third-order valence-electron chi connectivity index (χ3n) is 6.42. The van der Waals surface area contributed by atoms with Gasteiger partial charge in [-0.15, -0.1) is 0 Å². The third-order valence-corrected chi connectivity index (χ3v) is 6.42. The van der Waals surface area contributed by atoms with E-state index in [1.54, 1.807) is 25.1 Å². The lowest BCUT2D eigenvalue weighted by atomic mass is 10.0. The fraction of sp³-hybridized carbons (Fsp3) is 0.655. The minimum Gasteiger partial charge on any atom is -0.486 e. The maximum Gasteiger partial charge on any atom is 0.377 e. The molecule has 0 amide bonds. The number of benzene rings is 1. The highest BCUT2D eigenvalue weighted by molar-refractivity contribution is 5.65. The van der Waals surface area contributed by atoms with E-state index in [4.69, 9.17) is 4.74 Å². The molecule has 1 aromatic heterocycles. The average molecular weight is 563 g/mol. The molecule has 39 heavy (non-hydrogen) atoms. The molecule has 0 unspecified atom stereocenters. The number of unbranched alkanes of at least 4 members (excludes halogenated alkanes) is 8. The molecule has 0 radical (unpaired) electrons. The Kier molecular flexibility index (Phi) is 13.5. The van der Waals surface area contributed by atoms with Gasteiger partial charge in [-0.3, -0.25) is 0 Å². The van der Waals surface area contributed by atoms with Gasteiger partial charge in [0.05, 0.1) is 5.56 Å². The maximum absolute atomic E-state index is 14.5. The molecular weight excluding hydrogens is 522 g/mol. The molecule has 1 heterocycles. The molecule has 10 heteroatoms. The summed E-state index contributed by atoms with van der Waals surface area (Å²) in [7, 11) is 0. The van der Waals surface area contributed by atoms with Crippen LogP contribution in [0.4, 0.5) is 26.3 Å². The van der Waals surface area contributed by atoms with Crippen LogP contribution in [0.25, 0.3) is 11.4 Å². The van der Waals surface area contributed by atoms with Gasteiger partial charge in [0.15, 0.2) is 12.4 Å². The molecule has 0 saturated heterocycles. The largest absolute Gasteiger partial charge is 0.486 e. The van der Waals surface area contributed by atoms with E-state index in [9.17, 15) is 26.3 Å². The molecule has 0 aliphatic heterocycles. The first-order valence-corrected chi connectivity index (χ1v) is 13.8. The van der Waals surface area contributed by atoms with Crippen LogP contribution in [-0.4, -0.2) is 47.6 Å². The predicted molar refractivity (Wildman–Crippen MR) is 140 cm³/mol. The summed E-state index contributed by atoms with van der Waals surface area (Å²) in [6, 6.07) is 6.24. The van der Waals surface area contributed by atoms with Gasteiger partial charge in [-0.1, -0.05) is 71.3 Å². The van der Waals surface area contributed by atoms with Gasteiger partial charge >= 0.3 is 17.8 Å². The molecule has 0 aliphatic rings. The highest BCUT2D eigenvalue weighted by Crippen LogP contribution is 2.46. The van der Waals surface area contributed by atoms with Crippen molar-refractivity contribution in [2.24, 2.45) is 0 Å². The highest BCUT2D eigenvalue weighted by atomic mass is 19.3. The van der Waals surface area contributed by atoms with Crippen LogP contribution in [-0.2, 0) is 11.2 Å². The molecule has 0 aliphatic carbocycles. The lowest BCUT2D eigenvalue weighted by molar-refractivity contribution is -0.324. The van der Waals surface area contributed by atoms with Crippen molar-refractivity contribution >= 4 is 0 Å². The zero-order chi connectivity index (χ0) is 28.8. The van der Waals surface area contributed by atoms with Crippen molar-refractivity contribution in [3.05, 3.63) is 42.2 Å². The SMILES string of the molecule is CCCCCCCCCCc1ccc(OCC(F)(F)C(F)(F)C(F)(F)COCCCC)c(-c2ncccn2)c1. The van der Waals surface area contributed by atoms with Crippen LogP contribution in [0, 0.1) is 0 Å². The Morgan fingerprint density at radius 2 is 1.31 bits per heavy atom. The Morgan fingerprint density at radius 3 is 1.95 bits per heavy atom. The van der Waals surface area contributed by atoms with Gasteiger partial charge in [0.25, 0.3) is 0 Å². The Labute approximate surface area is 227 Å². The fourth-order valence-electron chi connectivity index (χ4n) is 4.00. The standard InChI is InChI=1S/C29H40F6N2O2/c1-3-5-7-8-9-10-11-12-14-23-15-16-25(24(20-23)26-36-17-13-18-37-26)39-22-28(32,33)29(34,35)27(30,31)21-38-19-6-4-2/h13,15-18,20H,3-12,14,19,21-22H2,1-2H3. The number of nitrogens with zero attached hydrogens (tertiary/aromatic N) is 2. The van der Waals surface area contributed by atoms with Crippen molar-refractivity contribution in [3.8, 4) is 17.1 Å². The zero-order valence-corrected chi connectivity index (χ0v) is 22.8. The van der Waals surface area contributed by atoms with Crippen molar-refractivity contribution in [2.75, 3.05) is 19.8 Å². The van der Waals surface area contributed by atoms with Crippen molar-refractivity contribution in [3.63, 3.8) is 0 Å². The Bertz CT molecular complexity index is 960. The number of rotatable bonds is 20. The second-order valence-electron chi connectivity index (χ2n) is 9.81. The first-order valence-electron chi connectivity index (χ1n) is 13.8. The van der Waals surface area contributed by atoms with Crippen molar-refractivity contribution < 1.29 is 35.8 Å². The molecule has 220 valence electrons. The molecule has 0 atom stereocenters. The normalized spacial score (nSPS) is 12.6. The Morgan fingerprint density at radius 1 is 0.718 bits per heavy atom. The molecular formula is C29H40F6N2O2. The first kappa shape index (κ1) is 32.8. The zero-order valence-electron chi connectivity index (χ0n) is 22.8. The van der Waals surface area contributed by atoms with Crippen LogP contribution in [0.3, 0.4) is 0 Å². The highest BCUT2D eigenvalue weighted by Gasteiger charge is 2.71. The third kappa shape index (κ3) is 9.96. The molecule has 2 rings (SSSR count). The van der Waals surface area contributed by atoms with E-state index < -0.39 is 31.0 Å². The predicted octanol–water partition coefficient (Wildman–Crippen LogP) is 8.93. The second kappa shape index (κ2) is 16.0. The summed E-state index contributed by atoms with van der Waals surface area (Å²) in [5, 5.41) is 0. The van der Waals surface area contributed by atoms with Gasteiger partial charge in [-0.2, -0.15) is 26.3 Å². The minimum atomic E-state index is -5.69. The average Bonchev–Trinajstić information content (AvgIpc) is 2.92. The van der Waals surface area contributed by atoms with Crippen molar-refractivity contribution in [1.29, 1.82) is 0 Å². The Balaban J connectivity index is 2.08. The van der Waals surface area contributed by atoms with E-state index in [0.717, 1.165) is 24.8 Å². The molecule has 0 bridgehead atoms. The second-order valence-corrected chi connectivity index (χ2v) is 9.81. The van der Waals surface area contributed by atoms with Crippen LogP contribution in [0.5, 0.6) is 5.75 Å². The van der Waals surface area contributed by atoms with Crippen molar-refractivity contribution in [1.82, 2.24) is 9.97 Å². The Hall–Kier alpha value is -2.36. The van der Waals surface area contributed by atoms with Crippen LogP contribution in [0.1, 0.15) is 83.6 Å². The van der Waals surface area contributed by atoms with Gasteiger partial charge < -0.3 is 9.47 Å². The van der Waals surface area contributed by atoms with Crippen LogP contribution >= 0.6 is 0 Å². The molecule has 0 saturated carbocycles. The summed E-state index contributed by atoms with van der Waals surface area (Å²) in [5.74, 6) is -16.0. The molecule has 4 nitrogen and oxygen atoms in total. The lowest BCUT2D eigenvalue weighted by Crippen LogP contribution is -2.58. The van der Waals surface area contributed by atoms with E-state index in [1.165, 1.54) is 50.6 Å². The molecule has 0 N–H and O–H groups in total. The number of halogens is 6. The topological polar surface area (TPSA) is 44.2 Å². The van der Waals surface area contributed by atoms with Gasteiger partial charge in [-0.05, 0) is 43.0 Å². The van der Waals surface area contributed by atoms with Crippen LogP contribution in [0.15, 0.2) is 36.7 Å². The summed E-state index contributed by atoms with van der Waals surface area (Å²) in [6.07, 6.45) is 13.7. The summed E-state index contributed by atoms with van der Waals surface area (Å²) in [5.41, 5.74) is 1.10. The fourth-order valence-corrected chi connectivity index (χ4v) is 4.00. The van der Waals surface area contributed by atoms with Crippen molar-refractivity contribution in [2.45, 2.75) is 102 Å². The summed E-state index contributed by atoms with van der Waals surface area (Å²) in [6.45, 7) is -0.0700. The van der Waals surface area contributed by atoms with E-state index in [1.807, 2.05) is 0 Å². The number of hydrogen-bond donors (Lipinski definition) is 0. The number of ether oxygens (including phenoxy) is 2. The summed E-state index contributed by atoms with van der Waals surface area (Å²) < 4.78 is 95.2. The molecule has 1 aromatic carbocycles. The molecule has 2 aromatic rings. The van der Waals surface area contributed by atoms with Gasteiger partial charge in [0, 0.05) is 19.0 Å². The molecule has 0 fully saturated rings. The van der Waals surface area contributed by atoms with Gasteiger partial charge in [-0.25, -0.2) is 9.97 Å².